The number of ketones is 1. The van der Waals surface area contributed by atoms with Crippen LogP contribution in [0, 0.1) is 6.92 Å². The van der Waals surface area contributed by atoms with Crippen molar-refractivity contribution in [3.8, 4) is 0 Å². The van der Waals surface area contributed by atoms with E-state index in [0.717, 1.165) is 5.56 Å². The number of thioether (sulfide) groups is 1. The van der Waals surface area contributed by atoms with Crippen LogP contribution in [0.2, 0.25) is 0 Å². The third-order valence-electron chi connectivity index (χ3n) is 3.36. The number of aromatic nitrogens is 1. The molecule has 0 aliphatic carbocycles. The summed E-state index contributed by atoms with van der Waals surface area (Å²) in [6, 6.07) is 12.0. The summed E-state index contributed by atoms with van der Waals surface area (Å²) < 4.78 is 29.2. The van der Waals surface area contributed by atoms with E-state index in [-0.39, 0.29) is 16.4 Å². The molecule has 0 radical (unpaired) electrons. The Labute approximate surface area is 139 Å². The molecule has 2 aromatic rings. The van der Waals surface area contributed by atoms with E-state index in [1.165, 1.54) is 11.8 Å². The first-order valence-electron chi connectivity index (χ1n) is 6.94. The molecule has 0 spiro atoms. The fourth-order valence-electron chi connectivity index (χ4n) is 2.19. The van der Waals surface area contributed by atoms with Gasteiger partial charge in [0.2, 0.25) is 5.78 Å². The van der Waals surface area contributed by atoms with Crippen LogP contribution in [-0.2, 0) is 14.8 Å². The molecular weight excluding hydrogens is 332 g/mol. The highest BCUT2D eigenvalue weighted by Gasteiger charge is 2.34. The lowest BCUT2D eigenvalue weighted by molar-refractivity contribution is -0.577. The predicted octanol–water partition coefficient (Wildman–Crippen LogP) is 1.70. The number of hydrogen-bond donors (Lipinski definition) is 1. The molecule has 0 amide bonds. The van der Waals surface area contributed by atoms with Crippen LogP contribution in [0.15, 0.2) is 64.8 Å². The van der Waals surface area contributed by atoms with Crippen molar-refractivity contribution in [3.63, 3.8) is 0 Å². The predicted molar refractivity (Wildman–Crippen MR) is 88.8 cm³/mol. The highest BCUT2D eigenvalue weighted by Crippen LogP contribution is 2.28. The summed E-state index contributed by atoms with van der Waals surface area (Å²) in [6.45, 7) is 1.89. The van der Waals surface area contributed by atoms with Gasteiger partial charge in [0.15, 0.2) is 17.4 Å². The standard InChI is InChI=1S/C16H14N2O3S2/c1-12-5-7-13(8-6-12)23(20,21)17-16-15(14(19)11-22-16)18-9-3-2-4-10-18/h2-10H,11H2,1H3/p+1. The first-order valence-corrected chi connectivity index (χ1v) is 9.41. The first kappa shape index (κ1) is 15.8. The number of rotatable bonds is 4. The van der Waals surface area contributed by atoms with Crippen LogP contribution in [0.4, 0.5) is 0 Å². The summed E-state index contributed by atoms with van der Waals surface area (Å²) >= 11 is 1.20. The summed E-state index contributed by atoms with van der Waals surface area (Å²) in [5.41, 5.74) is 1.33. The Hall–Kier alpha value is -2.12. The van der Waals surface area contributed by atoms with E-state index < -0.39 is 10.0 Å². The molecule has 1 aliphatic rings. The van der Waals surface area contributed by atoms with Gasteiger partial charge in [-0.25, -0.2) is 8.42 Å². The van der Waals surface area contributed by atoms with Gasteiger partial charge in [-0.2, -0.15) is 4.57 Å². The molecular formula is C16H15N2O3S2+. The van der Waals surface area contributed by atoms with Gasteiger partial charge in [0, 0.05) is 12.1 Å². The molecule has 0 fully saturated rings. The van der Waals surface area contributed by atoms with Gasteiger partial charge in [-0.15, -0.1) is 0 Å². The molecule has 2 heterocycles. The third kappa shape index (κ3) is 3.30. The average Bonchev–Trinajstić information content (AvgIpc) is 2.88. The van der Waals surface area contributed by atoms with Crippen molar-refractivity contribution in [2.45, 2.75) is 11.8 Å². The average molecular weight is 347 g/mol. The number of carbonyl (C=O) groups is 1. The van der Waals surface area contributed by atoms with Gasteiger partial charge in [-0.1, -0.05) is 35.5 Å². The summed E-state index contributed by atoms with van der Waals surface area (Å²) in [5.74, 6) is 0.121. The number of benzene rings is 1. The highest BCUT2D eigenvalue weighted by molar-refractivity contribution is 8.05. The number of pyridine rings is 1. The normalized spacial score (nSPS) is 15.1. The lowest BCUT2D eigenvalue weighted by atomic mass is 10.2. The van der Waals surface area contributed by atoms with Crippen molar-refractivity contribution < 1.29 is 17.8 Å². The van der Waals surface area contributed by atoms with Gasteiger partial charge in [-0.3, -0.25) is 9.52 Å². The summed E-state index contributed by atoms with van der Waals surface area (Å²) in [7, 11) is -3.72. The molecule has 0 atom stereocenters. The van der Waals surface area contributed by atoms with E-state index in [1.807, 2.05) is 13.0 Å². The smallest absolute Gasteiger partial charge is 0.285 e. The second-order valence-corrected chi connectivity index (χ2v) is 7.76. The van der Waals surface area contributed by atoms with Gasteiger partial charge in [-0.05, 0) is 19.1 Å². The van der Waals surface area contributed by atoms with Crippen LogP contribution in [0.25, 0.3) is 5.70 Å². The zero-order valence-electron chi connectivity index (χ0n) is 12.4. The Morgan fingerprint density at radius 2 is 1.74 bits per heavy atom. The quantitative estimate of drug-likeness (QED) is 0.855. The molecule has 118 valence electrons. The van der Waals surface area contributed by atoms with Crippen LogP contribution < -0.4 is 9.29 Å². The second-order valence-electron chi connectivity index (χ2n) is 5.09. The number of aryl methyl sites for hydroxylation is 1. The minimum absolute atomic E-state index is 0.104. The SMILES string of the molecule is Cc1ccc(S(=O)(=O)NC2=C([n+]3ccccc3)C(=O)CS2)cc1. The molecule has 0 saturated heterocycles. The molecule has 1 aliphatic heterocycles. The molecule has 3 rings (SSSR count). The summed E-state index contributed by atoms with van der Waals surface area (Å²) in [5, 5.41) is 0.353. The molecule has 5 nitrogen and oxygen atoms in total. The van der Waals surface area contributed by atoms with Crippen molar-refractivity contribution in [2.75, 3.05) is 5.75 Å². The molecule has 0 bridgehead atoms. The Bertz CT molecular complexity index is 873. The molecule has 1 aromatic carbocycles. The highest BCUT2D eigenvalue weighted by atomic mass is 32.2. The number of allylic oxidation sites excluding steroid dienone is 1. The van der Waals surface area contributed by atoms with Gasteiger partial charge in [0.25, 0.3) is 15.7 Å². The molecule has 1 N–H and O–H groups in total. The molecule has 0 unspecified atom stereocenters. The minimum Gasteiger partial charge on any atom is -0.286 e. The maximum absolute atomic E-state index is 12.5. The van der Waals surface area contributed by atoms with E-state index in [0.29, 0.717) is 10.7 Å². The maximum Gasteiger partial charge on any atom is 0.285 e. The van der Waals surface area contributed by atoms with Crippen molar-refractivity contribution in [1.29, 1.82) is 0 Å². The fraction of sp³-hybridized carbons (Fsp3) is 0.125. The molecule has 0 saturated carbocycles. The van der Waals surface area contributed by atoms with Gasteiger partial charge in [0.1, 0.15) is 0 Å². The van der Waals surface area contributed by atoms with Crippen molar-refractivity contribution in [3.05, 3.63) is 65.5 Å². The zero-order valence-corrected chi connectivity index (χ0v) is 14.0. The first-order chi connectivity index (χ1) is 11.0. The molecule has 7 heteroatoms. The molecule has 23 heavy (non-hydrogen) atoms. The Morgan fingerprint density at radius 1 is 1.09 bits per heavy atom. The lowest BCUT2D eigenvalue weighted by Crippen LogP contribution is -2.37. The fourth-order valence-corrected chi connectivity index (χ4v) is 4.47. The Morgan fingerprint density at radius 3 is 2.39 bits per heavy atom. The van der Waals surface area contributed by atoms with Gasteiger partial charge >= 0.3 is 0 Å². The van der Waals surface area contributed by atoms with Crippen LogP contribution in [0.5, 0.6) is 0 Å². The number of nitrogens with zero attached hydrogens (tertiary/aromatic N) is 1. The Balaban J connectivity index is 1.98. The number of nitrogens with one attached hydrogen (secondary N) is 1. The van der Waals surface area contributed by atoms with Crippen LogP contribution in [0.3, 0.4) is 0 Å². The van der Waals surface area contributed by atoms with E-state index >= 15 is 0 Å². The van der Waals surface area contributed by atoms with Crippen molar-refractivity contribution in [2.24, 2.45) is 0 Å². The maximum atomic E-state index is 12.5. The van der Waals surface area contributed by atoms with E-state index in [9.17, 15) is 13.2 Å². The van der Waals surface area contributed by atoms with Crippen LogP contribution >= 0.6 is 11.8 Å². The largest absolute Gasteiger partial charge is 0.286 e. The molecule has 1 aromatic heterocycles. The Kier molecular flexibility index (Phi) is 4.23. The number of sulfonamides is 1. The topological polar surface area (TPSA) is 67.1 Å². The van der Waals surface area contributed by atoms with Crippen LogP contribution in [0.1, 0.15) is 5.56 Å². The zero-order chi connectivity index (χ0) is 16.4. The van der Waals surface area contributed by atoms with Gasteiger partial charge in [0.05, 0.1) is 10.6 Å². The minimum atomic E-state index is -3.72. The second kappa shape index (κ2) is 6.17. The number of carbonyl (C=O) groups excluding carboxylic acids is 1. The number of hydrogen-bond acceptors (Lipinski definition) is 4. The van der Waals surface area contributed by atoms with E-state index in [4.69, 9.17) is 0 Å². The summed E-state index contributed by atoms with van der Waals surface area (Å²) in [6.07, 6.45) is 3.44. The monoisotopic (exact) mass is 347 g/mol. The van der Waals surface area contributed by atoms with E-state index in [1.54, 1.807) is 53.4 Å². The van der Waals surface area contributed by atoms with Gasteiger partial charge < -0.3 is 0 Å². The summed E-state index contributed by atoms with van der Waals surface area (Å²) in [4.78, 5) is 12.3. The van der Waals surface area contributed by atoms with Crippen LogP contribution in [-0.4, -0.2) is 20.0 Å². The van der Waals surface area contributed by atoms with E-state index in [2.05, 4.69) is 4.72 Å². The van der Waals surface area contributed by atoms with Crippen molar-refractivity contribution in [1.82, 2.24) is 4.72 Å². The number of Topliss-reactive ketones (excluding diaryl/α,β-unsaturated/α-hetero) is 1. The third-order valence-corrected chi connectivity index (χ3v) is 5.84. The van der Waals surface area contributed by atoms with Crippen molar-refractivity contribution >= 4 is 33.3 Å². The lowest BCUT2D eigenvalue weighted by Gasteiger charge is -2.08.